The van der Waals surface area contributed by atoms with Crippen molar-refractivity contribution < 1.29 is 14.6 Å². The summed E-state index contributed by atoms with van der Waals surface area (Å²) in [6.07, 6.45) is 9.66. The molecule has 2 atom stereocenters. The molecule has 0 radical (unpaired) electrons. The van der Waals surface area contributed by atoms with Gasteiger partial charge in [-0.15, -0.1) is 0 Å². The Morgan fingerprint density at radius 3 is 2.62 bits per heavy atom. The van der Waals surface area contributed by atoms with E-state index in [4.69, 9.17) is 4.74 Å². The Balaban J connectivity index is 1.36. The summed E-state index contributed by atoms with van der Waals surface area (Å²) >= 11 is 0. The second kappa shape index (κ2) is 10.6. The molecule has 1 saturated carbocycles. The normalized spacial score (nSPS) is 22.5. The van der Waals surface area contributed by atoms with Crippen LogP contribution in [0.3, 0.4) is 0 Å². The molecule has 1 amide bonds. The Morgan fingerprint density at radius 1 is 1.19 bits per heavy atom. The van der Waals surface area contributed by atoms with E-state index in [1.54, 1.807) is 24.3 Å². The molecule has 5 nitrogen and oxygen atoms in total. The number of rotatable bonds is 9. The van der Waals surface area contributed by atoms with Gasteiger partial charge in [0.05, 0.1) is 6.04 Å². The minimum atomic E-state index is -0.206. The first kappa shape index (κ1) is 25.3. The number of likely N-dealkylation sites (tertiary alicyclic amines) is 1. The highest BCUT2D eigenvalue weighted by Gasteiger charge is 2.55. The summed E-state index contributed by atoms with van der Waals surface area (Å²) in [4.78, 5) is 18.4. The number of hydrogen-bond donors (Lipinski definition) is 1. The van der Waals surface area contributed by atoms with E-state index in [0.29, 0.717) is 18.6 Å². The number of phenolic OH excluding ortho intramolecular Hbond substituents is 1. The van der Waals surface area contributed by atoms with E-state index in [0.717, 1.165) is 67.3 Å². The molecular formula is C32H38N2O3. The number of carbonyl (C=O) groups excluding carboxylic acids is 1. The van der Waals surface area contributed by atoms with Crippen molar-refractivity contribution in [2.75, 3.05) is 26.2 Å². The number of amides is 1. The van der Waals surface area contributed by atoms with E-state index in [9.17, 15) is 9.90 Å². The molecule has 194 valence electrons. The molecule has 1 saturated heterocycles. The molecule has 2 aromatic carbocycles. The Labute approximate surface area is 220 Å². The van der Waals surface area contributed by atoms with Crippen molar-refractivity contribution in [3.8, 4) is 11.5 Å². The summed E-state index contributed by atoms with van der Waals surface area (Å²) in [6, 6.07) is 13.7. The van der Waals surface area contributed by atoms with Crippen LogP contribution in [-0.4, -0.2) is 52.6 Å². The van der Waals surface area contributed by atoms with Gasteiger partial charge in [-0.3, -0.25) is 9.69 Å². The van der Waals surface area contributed by atoms with Gasteiger partial charge in [-0.1, -0.05) is 56.5 Å². The zero-order valence-electron chi connectivity index (χ0n) is 21.9. The minimum absolute atomic E-state index is 0.00712. The number of phenols is 1. The largest absolute Gasteiger partial charge is 0.508 e. The molecule has 0 aromatic heterocycles. The van der Waals surface area contributed by atoms with Crippen LogP contribution in [0.4, 0.5) is 0 Å². The lowest BCUT2D eigenvalue weighted by Gasteiger charge is -2.44. The van der Waals surface area contributed by atoms with Crippen LogP contribution in [0.25, 0.3) is 0 Å². The average Bonchev–Trinajstić information content (AvgIpc) is 3.52. The van der Waals surface area contributed by atoms with Crippen LogP contribution in [-0.2, 0) is 17.6 Å². The van der Waals surface area contributed by atoms with Crippen LogP contribution in [0.2, 0.25) is 0 Å². The summed E-state index contributed by atoms with van der Waals surface area (Å²) in [5.74, 6) is 1.92. The zero-order valence-corrected chi connectivity index (χ0v) is 21.9. The van der Waals surface area contributed by atoms with Crippen molar-refractivity contribution in [1.29, 1.82) is 0 Å². The summed E-state index contributed by atoms with van der Waals surface area (Å²) < 4.78 is 6.03. The number of ether oxygens (including phenoxy) is 1. The molecule has 1 spiro atoms. The van der Waals surface area contributed by atoms with E-state index >= 15 is 0 Å². The second-order valence-electron chi connectivity index (χ2n) is 10.9. The number of carbonyl (C=O) groups is 1. The third-order valence-electron chi connectivity index (χ3n) is 8.17. The zero-order chi connectivity index (χ0) is 26.0. The molecule has 5 rings (SSSR count). The summed E-state index contributed by atoms with van der Waals surface area (Å²) in [6.45, 7) is 13.9. The lowest BCUT2D eigenvalue weighted by atomic mass is 9.83. The van der Waals surface area contributed by atoms with Crippen LogP contribution in [0.15, 0.2) is 79.4 Å². The molecule has 2 aromatic rings. The van der Waals surface area contributed by atoms with Crippen molar-refractivity contribution >= 4 is 5.91 Å². The van der Waals surface area contributed by atoms with Crippen molar-refractivity contribution in [3.05, 3.63) is 96.1 Å². The number of aromatic hydroxyl groups is 1. The topological polar surface area (TPSA) is 53.0 Å². The molecule has 2 unspecified atom stereocenters. The maximum absolute atomic E-state index is 13.8. The van der Waals surface area contributed by atoms with Crippen molar-refractivity contribution in [3.63, 3.8) is 0 Å². The smallest absolute Gasteiger partial charge is 0.254 e. The van der Waals surface area contributed by atoms with E-state index < -0.39 is 0 Å². The first-order chi connectivity index (χ1) is 17.9. The second-order valence-corrected chi connectivity index (χ2v) is 10.9. The Morgan fingerprint density at radius 2 is 1.97 bits per heavy atom. The fourth-order valence-corrected chi connectivity index (χ4v) is 6.06. The van der Waals surface area contributed by atoms with Gasteiger partial charge in [-0.05, 0) is 85.5 Å². The Kier molecular flexibility index (Phi) is 7.25. The highest BCUT2D eigenvalue weighted by Crippen LogP contribution is 2.54. The van der Waals surface area contributed by atoms with Crippen LogP contribution in [0.1, 0.15) is 48.9 Å². The summed E-state index contributed by atoms with van der Waals surface area (Å²) in [5.41, 5.74) is 3.74. The Hall–Kier alpha value is -3.31. The lowest BCUT2D eigenvalue weighted by molar-refractivity contribution is -0.133. The van der Waals surface area contributed by atoms with Gasteiger partial charge in [0, 0.05) is 24.2 Å². The third-order valence-corrected chi connectivity index (χ3v) is 8.17. The SMILES string of the molecule is C=C/C=C(\C=C)C(=O)N1C(Cc2ccc(OCCN3CCC(C)C3)cc2)c2ccc(O)cc2CC12CC2. The molecule has 5 heteroatoms. The molecule has 3 aliphatic rings. The fourth-order valence-electron chi connectivity index (χ4n) is 6.06. The quantitative estimate of drug-likeness (QED) is 0.361. The number of fused-ring (bicyclic) bond motifs is 1. The maximum Gasteiger partial charge on any atom is 0.254 e. The van der Waals surface area contributed by atoms with Crippen molar-refractivity contribution in [1.82, 2.24) is 9.80 Å². The van der Waals surface area contributed by atoms with Gasteiger partial charge in [-0.2, -0.15) is 0 Å². The highest BCUT2D eigenvalue weighted by atomic mass is 16.5. The van der Waals surface area contributed by atoms with E-state index in [1.165, 1.54) is 6.42 Å². The van der Waals surface area contributed by atoms with Gasteiger partial charge in [-0.25, -0.2) is 0 Å². The van der Waals surface area contributed by atoms with Crippen LogP contribution in [0, 0.1) is 5.92 Å². The fraction of sp³-hybridized carbons (Fsp3) is 0.406. The van der Waals surface area contributed by atoms with Crippen LogP contribution >= 0.6 is 0 Å². The molecule has 37 heavy (non-hydrogen) atoms. The number of hydrogen-bond acceptors (Lipinski definition) is 4. The summed E-state index contributed by atoms with van der Waals surface area (Å²) in [7, 11) is 0. The van der Waals surface area contributed by atoms with Crippen molar-refractivity contribution in [2.45, 2.75) is 50.6 Å². The van der Waals surface area contributed by atoms with Gasteiger partial charge in [0.25, 0.3) is 5.91 Å². The predicted molar refractivity (Wildman–Crippen MR) is 148 cm³/mol. The van der Waals surface area contributed by atoms with Gasteiger partial charge < -0.3 is 14.7 Å². The van der Waals surface area contributed by atoms with E-state index in [-0.39, 0.29) is 23.2 Å². The lowest BCUT2D eigenvalue weighted by Crippen LogP contribution is -2.50. The standard InChI is InChI=1S/C32H38N2O3/c1-4-6-25(5-2)31(36)34-30(29-12-9-27(35)20-26(29)21-32(34)14-15-32)19-24-7-10-28(11-8-24)37-18-17-33-16-13-23(3)22-33/h4-12,20,23,30,35H,1-2,13-19,21-22H2,3H3/b25-6+. The molecule has 2 fully saturated rings. The number of benzene rings is 2. The first-order valence-electron chi connectivity index (χ1n) is 13.5. The van der Waals surface area contributed by atoms with Crippen LogP contribution in [0.5, 0.6) is 11.5 Å². The number of allylic oxidation sites excluding steroid dienone is 2. The predicted octanol–water partition coefficient (Wildman–Crippen LogP) is 5.61. The maximum atomic E-state index is 13.8. The minimum Gasteiger partial charge on any atom is -0.508 e. The molecular weight excluding hydrogens is 460 g/mol. The Bertz CT molecular complexity index is 1200. The third kappa shape index (κ3) is 5.37. The highest BCUT2D eigenvalue weighted by molar-refractivity contribution is 5.97. The molecule has 0 bridgehead atoms. The van der Waals surface area contributed by atoms with Gasteiger partial charge >= 0.3 is 0 Å². The number of nitrogens with zero attached hydrogens (tertiary/aromatic N) is 2. The van der Waals surface area contributed by atoms with E-state index in [1.807, 2.05) is 24.3 Å². The average molecular weight is 499 g/mol. The van der Waals surface area contributed by atoms with Gasteiger partial charge in [0.15, 0.2) is 0 Å². The van der Waals surface area contributed by atoms with Gasteiger partial charge in [0.2, 0.25) is 0 Å². The van der Waals surface area contributed by atoms with Crippen molar-refractivity contribution in [2.24, 2.45) is 5.92 Å². The van der Waals surface area contributed by atoms with Crippen LogP contribution < -0.4 is 4.74 Å². The van der Waals surface area contributed by atoms with E-state index in [2.05, 4.69) is 42.0 Å². The molecule has 1 N–H and O–H groups in total. The molecule has 2 aliphatic heterocycles. The molecule has 1 aliphatic carbocycles. The van der Waals surface area contributed by atoms with Gasteiger partial charge in [0.1, 0.15) is 18.1 Å². The molecule has 2 heterocycles. The first-order valence-corrected chi connectivity index (χ1v) is 13.5. The monoisotopic (exact) mass is 498 g/mol. The summed E-state index contributed by atoms with van der Waals surface area (Å²) in [5, 5.41) is 10.2.